The maximum absolute atomic E-state index is 12.9. The predicted octanol–water partition coefficient (Wildman–Crippen LogP) is 4.26. The molecule has 0 bridgehead atoms. The summed E-state index contributed by atoms with van der Waals surface area (Å²) in [4.78, 5) is 12.9. The van der Waals surface area contributed by atoms with Crippen LogP contribution in [0.15, 0.2) is 36.4 Å². The molecule has 0 atom stereocenters. The van der Waals surface area contributed by atoms with E-state index in [4.69, 9.17) is 14.2 Å². The Kier molecular flexibility index (Phi) is 5.57. The van der Waals surface area contributed by atoms with Gasteiger partial charge in [-0.1, -0.05) is 39.0 Å². The SMILES string of the molecule is COc1cc(OC)c(C(=O)Nc2ccccc2C(C)(C)C)cc1OC. The summed E-state index contributed by atoms with van der Waals surface area (Å²) in [5.74, 6) is 1.13. The van der Waals surface area contributed by atoms with E-state index in [-0.39, 0.29) is 11.3 Å². The van der Waals surface area contributed by atoms with E-state index in [2.05, 4.69) is 26.1 Å². The number of carbonyl (C=O) groups excluding carboxylic acids is 1. The van der Waals surface area contributed by atoms with E-state index in [1.165, 1.54) is 21.3 Å². The number of carbonyl (C=O) groups is 1. The van der Waals surface area contributed by atoms with Crippen LogP contribution in [0.25, 0.3) is 0 Å². The Bertz CT molecular complexity index is 763. The smallest absolute Gasteiger partial charge is 0.259 e. The third-order valence-corrected chi connectivity index (χ3v) is 3.93. The molecule has 0 aliphatic heterocycles. The molecule has 0 aliphatic rings. The lowest BCUT2D eigenvalue weighted by molar-refractivity contribution is 0.102. The number of anilines is 1. The van der Waals surface area contributed by atoms with Crippen LogP contribution in [0.4, 0.5) is 5.69 Å². The van der Waals surface area contributed by atoms with E-state index in [9.17, 15) is 4.79 Å². The molecule has 1 amide bonds. The van der Waals surface area contributed by atoms with Crippen molar-refractivity contribution in [2.75, 3.05) is 26.6 Å². The summed E-state index contributed by atoms with van der Waals surface area (Å²) in [6, 6.07) is 11.0. The molecule has 5 nitrogen and oxygen atoms in total. The van der Waals surface area contributed by atoms with E-state index in [0.717, 1.165) is 11.3 Å². The third kappa shape index (κ3) is 4.05. The minimum atomic E-state index is -0.269. The molecule has 0 fully saturated rings. The average molecular weight is 343 g/mol. The van der Waals surface area contributed by atoms with Gasteiger partial charge in [-0.15, -0.1) is 0 Å². The topological polar surface area (TPSA) is 56.8 Å². The van der Waals surface area contributed by atoms with Crippen molar-refractivity contribution in [1.29, 1.82) is 0 Å². The van der Waals surface area contributed by atoms with Crippen LogP contribution >= 0.6 is 0 Å². The van der Waals surface area contributed by atoms with Gasteiger partial charge in [0, 0.05) is 17.8 Å². The zero-order chi connectivity index (χ0) is 18.6. The number of ether oxygens (including phenoxy) is 3. The van der Waals surface area contributed by atoms with Crippen molar-refractivity contribution in [1.82, 2.24) is 0 Å². The van der Waals surface area contributed by atoms with Gasteiger partial charge >= 0.3 is 0 Å². The summed E-state index contributed by atoms with van der Waals surface area (Å²) in [6.07, 6.45) is 0. The summed E-state index contributed by atoms with van der Waals surface area (Å²) in [5.41, 5.74) is 2.12. The van der Waals surface area contributed by atoms with Gasteiger partial charge < -0.3 is 19.5 Å². The number of rotatable bonds is 5. The van der Waals surface area contributed by atoms with E-state index >= 15 is 0 Å². The molecule has 0 saturated carbocycles. The molecule has 0 heterocycles. The molecule has 1 N–H and O–H groups in total. The van der Waals surface area contributed by atoms with Crippen molar-refractivity contribution in [3.8, 4) is 17.2 Å². The summed E-state index contributed by atoms with van der Waals surface area (Å²) in [5, 5.41) is 2.98. The molecule has 0 spiro atoms. The first-order valence-corrected chi connectivity index (χ1v) is 8.02. The van der Waals surface area contributed by atoms with Crippen molar-refractivity contribution >= 4 is 11.6 Å². The highest BCUT2D eigenvalue weighted by Crippen LogP contribution is 2.35. The Morgan fingerprint density at radius 2 is 1.44 bits per heavy atom. The first-order valence-electron chi connectivity index (χ1n) is 8.02. The zero-order valence-corrected chi connectivity index (χ0v) is 15.6. The first kappa shape index (κ1) is 18.6. The molecule has 2 aromatic rings. The van der Waals surface area contributed by atoms with Crippen LogP contribution in [0.5, 0.6) is 17.2 Å². The van der Waals surface area contributed by atoms with Crippen LogP contribution in [0, 0.1) is 0 Å². The molecule has 0 radical (unpaired) electrons. The van der Waals surface area contributed by atoms with Crippen LogP contribution < -0.4 is 19.5 Å². The number of benzene rings is 2. The summed E-state index contributed by atoms with van der Waals surface area (Å²) < 4.78 is 15.9. The fraction of sp³-hybridized carbons (Fsp3) is 0.350. The fourth-order valence-electron chi connectivity index (χ4n) is 2.64. The molecule has 2 rings (SSSR count). The van der Waals surface area contributed by atoms with Gasteiger partial charge in [-0.2, -0.15) is 0 Å². The Morgan fingerprint density at radius 3 is 2.00 bits per heavy atom. The van der Waals surface area contributed by atoms with Gasteiger partial charge in [-0.25, -0.2) is 0 Å². The van der Waals surface area contributed by atoms with Crippen LogP contribution in [-0.2, 0) is 5.41 Å². The van der Waals surface area contributed by atoms with E-state index < -0.39 is 0 Å². The van der Waals surface area contributed by atoms with Crippen LogP contribution in [0.1, 0.15) is 36.7 Å². The Morgan fingerprint density at radius 1 is 0.880 bits per heavy atom. The second-order valence-electron chi connectivity index (χ2n) is 6.66. The summed E-state index contributed by atoms with van der Waals surface area (Å²) in [7, 11) is 4.58. The van der Waals surface area contributed by atoms with E-state index in [0.29, 0.717) is 22.8 Å². The number of methoxy groups -OCH3 is 3. The largest absolute Gasteiger partial charge is 0.496 e. The molecule has 0 saturated heterocycles. The van der Waals surface area contributed by atoms with Gasteiger partial charge in [0.25, 0.3) is 5.91 Å². The number of amides is 1. The predicted molar refractivity (Wildman–Crippen MR) is 99.2 cm³/mol. The summed E-state index contributed by atoms with van der Waals surface area (Å²) in [6.45, 7) is 6.32. The molecular weight excluding hydrogens is 318 g/mol. The lowest BCUT2D eigenvalue weighted by Crippen LogP contribution is -2.19. The minimum absolute atomic E-state index is 0.0917. The van der Waals surface area contributed by atoms with E-state index in [1.54, 1.807) is 12.1 Å². The summed E-state index contributed by atoms with van der Waals surface area (Å²) >= 11 is 0. The molecular formula is C20H25NO4. The normalized spacial score (nSPS) is 11.0. The Hall–Kier alpha value is -2.69. The highest BCUT2D eigenvalue weighted by molar-refractivity contribution is 6.07. The molecule has 0 unspecified atom stereocenters. The third-order valence-electron chi connectivity index (χ3n) is 3.93. The first-order chi connectivity index (χ1) is 11.8. The molecule has 134 valence electrons. The van der Waals surface area contributed by atoms with Crippen LogP contribution in [0.3, 0.4) is 0 Å². The van der Waals surface area contributed by atoms with Gasteiger partial charge in [-0.05, 0) is 17.0 Å². The van der Waals surface area contributed by atoms with Crippen molar-refractivity contribution in [2.24, 2.45) is 0 Å². The average Bonchev–Trinajstić information content (AvgIpc) is 2.59. The number of hydrogen-bond donors (Lipinski definition) is 1. The zero-order valence-electron chi connectivity index (χ0n) is 15.6. The van der Waals surface area contributed by atoms with Gasteiger partial charge in [0.1, 0.15) is 5.75 Å². The lowest BCUT2D eigenvalue weighted by atomic mass is 9.86. The van der Waals surface area contributed by atoms with Gasteiger partial charge in [0.05, 0.1) is 26.9 Å². The monoisotopic (exact) mass is 343 g/mol. The number of nitrogens with one attached hydrogen (secondary N) is 1. The standard InChI is InChI=1S/C20H25NO4/c1-20(2,3)14-9-7-8-10-15(14)21-19(22)13-11-17(24-5)18(25-6)12-16(13)23-4/h7-12H,1-6H3,(H,21,22). The second kappa shape index (κ2) is 7.47. The molecule has 2 aromatic carbocycles. The molecule has 5 heteroatoms. The quantitative estimate of drug-likeness (QED) is 0.881. The van der Waals surface area contributed by atoms with Gasteiger partial charge in [-0.3, -0.25) is 4.79 Å². The number of hydrogen-bond acceptors (Lipinski definition) is 4. The highest BCUT2D eigenvalue weighted by Gasteiger charge is 2.21. The Balaban J connectivity index is 2.43. The van der Waals surface area contributed by atoms with Crippen LogP contribution in [0.2, 0.25) is 0 Å². The van der Waals surface area contributed by atoms with Crippen molar-refractivity contribution in [3.05, 3.63) is 47.5 Å². The second-order valence-corrected chi connectivity index (χ2v) is 6.66. The van der Waals surface area contributed by atoms with Crippen molar-refractivity contribution in [3.63, 3.8) is 0 Å². The minimum Gasteiger partial charge on any atom is -0.496 e. The number of para-hydroxylation sites is 1. The van der Waals surface area contributed by atoms with E-state index in [1.807, 2.05) is 24.3 Å². The molecule has 0 aliphatic carbocycles. The van der Waals surface area contributed by atoms with Gasteiger partial charge in [0.2, 0.25) is 0 Å². The fourth-order valence-corrected chi connectivity index (χ4v) is 2.64. The highest BCUT2D eigenvalue weighted by atomic mass is 16.5. The van der Waals surface area contributed by atoms with Crippen molar-refractivity contribution in [2.45, 2.75) is 26.2 Å². The van der Waals surface area contributed by atoms with Crippen LogP contribution in [-0.4, -0.2) is 27.2 Å². The maximum atomic E-state index is 12.9. The molecule has 0 aromatic heterocycles. The molecule has 25 heavy (non-hydrogen) atoms. The maximum Gasteiger partial charge on any atom is 0.259 e. The van der Waals surface area contributed by atoms with Gasteiger partial charge in [0.15, 0.2) is 11.5 Å². The lowest BCUT2D eigenvalue weighted by Gasteiger charge is -2.23. The van der Waals surface area contributed by atoms with Crippen molar-refractivity contribution < 1.29 is 19.0 Å². The Labute approximate surface area is 148 Å².